The lowest BCUT2D eigenvalue weighted by Gasteiger charge is -2.25. The molecule has 3 heterocycles. The van der Waals surface area contributed by atoms with Crippen LogP contribution >= 0.6 is 11.3 Å². The summed E-state index contributed by atoms with van der Waals surface area (Å²) in [6, 6.07) is 9.64. The molecule has 2 aromatic heterocycles. The van der Waals surface area contributed by atoms with Crippen LogP contribution in [0.3, 0.4) is 0 Å². The van der Waals surface area contributed by atoms with E-state index >= 15 is 0 Å². The van der Waals surface area contributed by atoms with Crippen LogP contribution in [-0.4, -0.2) is 39.4 Å². The van der Waals surface area contributed by atoms with E-state index in [1.165, 1.54) is 16.5 Å². The van der Waals surface area contributed by atoms with Crippen molar-refractivity contribution in [3.63, 3.8) is 0 Å². The summed E-state index contributed by atoms with van der Waals surface area (Å²) in [7, 11) is 0. The molecule has 138 valence electrons. The molecule has 0 fully saturated rings. The van der Waals surface area contributed by atoms with Gasteiger partial charge in [-0.3, -0.25) is 4.79 Å². The molecule has 3 aromatic rings. The predicted molar refractivity (Wildman–Crippen MR) is 107 cm³/mol. The molecule has 6 nitrogen and oxygen atoms in total. The number of nitrogens with one attached hydrogen (secondary N) is 1. The van der Waals surface area contributed by atoms with Crippen LogP contribution in [0.4, 0.5) is 5.82 Å². The van der Waals surface area contributed by atoms with E-state index in [9.17, 15) is 9.90 Å². The lowest BCUT2D eigenvalue weighted by Crippen LogP contribution is -2.24. The standard InChI is InChI=1S/C20H20N4O2S/c25-10-4-8-24-9-7-15-17(11-24)27-20-18(15)19(21-13-22-20)23-16(12-26)14-5-2-1-3-6-14/h1-6,8,10,13,16,26H,7,9,11-12H2,(H,21,22,23). The van der Waals surface area contributed by atoms with Crippen molar-refractivity contribution in [1.82, 2.24) is 14.9 Å². The van der Waals surface area contributed by atoms with Crippen molar-refractivity contribution in [3.8, 4) is 0 Å². The molecule has 1 aromatic carbocycles. The Balaban J connectivity index is 1.68. The molecule has 4 rings (SSSR count). The minimum Gasteiger partial charge on any atom is -0.394 e. The fourth-order valence-corrected chi connectivity index (χ4v) is 4.64. The van der Waals surface area contributed by atoms with Gasteiger partial charge in [-0.05, 0) is 23.6 Å². The number of hydrogen-bond acceptors (Lipinski definition) is 7. The number of thiophene rings is 1. The van der Waals surface area contributed by atoms with Crippen molar-refractivity contribution >= 4 is 33.7 Å². The van der Waals surface area contributed by atoms with Crippen molar-refractivity contribution in [1.29, 1.82) is 0 Å². The zero-order chi connectivity index (χ0) is 18.6. The number of allylic oxidation sites excluding steroid dienone is 1. The zero-order valence-electron chi connectivity index (χ0n) is 14.7. The first kappa shape index (κ1) is 17.6. The maximum Gasteiger partial charge on any atom is 0.144 e. The van der Waals surface area contributed by atoms with Crippen LogP contribution in [0.25, 0.3) is 10.2 Å². The van der Waals surface area contributed by atoms with Gasteiger partial charge in [0.2, 0.25) is 0 Å². The number of benzene rings is 1. The van der Waals surface area contributed by atoms with E-state index in [0.717, 1.165) is 47.4 Å². The number of carbonyl (C=O) groups is 1. The Labute approximate surface area is 161 Å². The Morgan fingerprint density at radius 2 is 2.15 bits per heavy atom. The van der Waals surface area contributed by atoms with E-state index in [-0.39, 0.29) is 12.6 Å². The molecule has 0 spiro atoms. The van der Waals surface area contributed by atoms with Crippen LogP contribution in [0, 0.1) is 0 Å². The molecule has 0 bridgehead atoms. The number of aldehydes is 1. The fraction of sp³-hybridized carbons (Fsp3) is 0.250. The molecule has 0 amide bonds. The highest BCUT2D eigenvalue weighted by Gasteiger charge is 2.23. The summed E-state index contributed by atoms with van der Waals surface area (Å²) in [6.45, 7) is 1.59. The van der Waals surface area contributed by atoms with E-state index in [0.29, 0.717) is 0 Å². The van der Waals surface area contributed by atoms with E-state index < -0.39 is 0 Å². The van der Waals surface area contributed by atoms with Crippen LogP contribution in [0.5, 0.6) is 0 Å². The first-order valence-electron chi connectivity index (χ1n) is 8.83. The van der Waals surface area contributed by atoms with Gasteiger partial charge < -0.3 is 15.3 Å². The normalized spacial score (nSPS) is 15.1. The maximum absolute atomic E-state index is 10.6. The molecule has 0 radical (unpaired) electrons. The number of nitrogens with zero attached hydrogens (tertiary/aromatic N) is 3. The number of fused-ring (bicyclic) bond motifs is 3. The third-order valence-corrected chi connectivity index (χ3v) is 5.86. The van der Waals surface area contributed by atoms with Gasteiger partial charge in [-0.25, -0.2) is 9.97 Å². The molecule has 0 saturated heterocycles. The van der Waals surface area contributed by atoms with Crippen molar-refractivity contribution in [2.45, 2.75) is 19.0 Å². The zero-order valence-corrected chi connectivity index (χ0v) is 15.5. The first-order chi connectivity index (χ1) is 13.3. The summed E-state index contributed by atoms with van der Waals surface area (Å²) >= 11 is 1.66. The molecule has 2 N–H and O–H groups in total. The van der Waals surface area contributed by atoms with Crippen molar-refractivity contribution < 1.29 is 9.90 Å². The number of aliphatic hydroxyl groups is 1. The third-order valence-electron chi connectivity index (χ3n) is 4.74. The Hall–Kier alpha value is -2.77. The van der Waals surface area contributed by atoms with Gasteiger partial charge in [0.1, 0.15) is 23.3 Å². The van der Waals surface area contributed by atoms with Gasteiger partial charge >= 0.3 is 0 Å². The lowest BCUT2D eigenvalue weighted by atomic mass is 10.0. The van der Waals surface area contributed by atoms with Crippen LogP contribution in [0.2, 0.25) is 0 Å². The molecule has 0 saturated carbocycles. The Kier molecular flexibility index (Phi) is 5.13. The van der Waals surface area contributed by atoms with E-state index in [1.54, 1.807) is 17.7 Å². The number of aliphatic hydroxyl groups excluding tert-OH is 1. The van der Waals surface area contributed by atoms with Crippen molar-refractivity contribution in [2.75, 3.05) is 18.5 Å². The molecular weight excluding hydrogens is 360 g/mol. The van der Waals surface area contributed by atoms with Crippen LogP contribution in [-0.2, 0) is 17.8 Å². The van der Waals surface area contributed by atoms with Gasteiger partial charge in [0.25, 0.3) is 0 Å². The molecule has 27 heavy (non-hydrogen) atoms. The average molecular weight is 380 g/mol. The third kappa shape index (κ3) is 3.56. The van der Waals surface area contributed by atoms with Crippen molar-refractivity contribution in [3.05, 3.63) is 64.9 Å². The highest BCUT2D eigenvalue weighted by Crippen LogP contribution is 2.38. The van der Waals surface area contributed by atoms with Gasteiger partial charge in [0, 0.05) is 17.6 Å². The SMILES string of the molecule is O=CC=CN1CCc2c(sc3ncnc(NC(CO)c4ccccc4)c23)C1. The summed E-state index contributed by atoms with van der Waals surface area (Å²) in [5.41, 5.74) is 2.28. The Morgan fingerprint density at radius 3 is 2.93 bits per heavy atom. The second-order valence-corrected chi connectivity index (χ2v) is 7.48. The molecule has 1 aliphatic rings. The second kappa shape index (κ2) is 7.85. The summed E-state index contributed by atoms with van der Waals surface area (Å²) in [5.74, 6) is 0.761. The number of anilines is 1. The predicted octanol–water partition coefficient (Wildman–Crippen LogP) is 2.91. The number of carbonyl (C=O) groups excluding carboxylic acids is 1. The highest BCUT2D eigenvalue weighted by molar-refractivity contribution is 7.19. The first-order valence-corrected chi connectivity index (χ1v) is 9.65. The van der Waals surface area contributed by atoms with Crippen LogP contribution < -0.4 is 5.32 Å². The van der Waals surface area contributed by atoms with E-state index in [4.69, 9.17) is 0 Å². The largest absolute Gasteiger partial charge is 0.394 e. The van der Waals surface area contributed by atoms with Gasteiger partial charge in [-0.1, -0.05) is 30.3 Å². The summed E-state index contributed by atoms with van der Waals surface area (Å²) in [6.07, 6.45) is 6.59. The quantitative estimate of drug-likeness (QED) is 0.506. The fourth-order valence-electron chi connectivity index (χ4n) is 3.43. The van der Waals surface area contributed by atoms with Crippen LogP contribution in [0.1, 0.15) is 22.0 Å². The minimum absolute atomic E-state index is 0.0217. The van der Waals surface area contributed by atoms with Gasteiger partial charge in [-0.15, -0.1) is 11.3 Å². The van der Waals surface area contributed by atoms with Gasteiger partial charge in [0.05, 0.1) is 24.6 Å². The van der Waals surface area contributed by atoms with E-state index in [2.05, 4.69) is 20.2 Å². The second-order valence-electron chi connectivity index (χ2n) is 6.39. The van der Waals surface area contributed by atoms with Gasteiger partial charge in [-0.2, -0.15) is 0 Å². The highest BCUT2D eigenvalue weighted by atomic mass is 32.1. The smallest absolute Gasteiger partial charge is 0.144 e. The molecule has 1 unspecified atom stereocenters. The number of aromatic nitrogens is 2. The van der Waals surface area contributed by atoms with Crippen molar-refractivity contribution in [2.24, 2.45) is 0 Å². The molecule has 1 aliphatic heterocycles. The maximum atomic E-state index is 10.6. The lowest BCUT2D eigenvalue weighted by molar-refractivity contribution is -0.104. The van der Waals surface area contributed by atoms with Crippen LogP contribution in [0.15, 0.2) is 48.9 Å². The number of hydrogen-bond donors (Lipinski definition) is 2. The summed E-state index contributed by atoms with van der Waals surface area (Å²) in [4.78, 5) is 23.8. The summed E-state index contributed by atoms with van der Waals surface area (Å²) in [5, 5.41) is 14.3. The Morgan fingerprint density at radius 1 is 1.30 bits per heavy atom. The molecular formula is C20H20N4O2S. The minimum atomic E-state index is -0.226. The topological polar surface area (TPSA) is 78.4 Å². The average Bonchev–Trinajstić information content (AvgIpc) is 3.09. The number of rotatable bonds is 6. The monoisotopic (exact) mass is 380 g/mol. The van der Waals surface area contributed by atoms with E-state index in [1.807, 2.05) is 36.5 Å². The molecule has 0 aliphatic carbocycles. The Bertz CT molecular complexity index is 971. The molecule has 7 heteroatoms. The summed E-state index contributed by atoms with van der Waals surface area (Å²) < 4.78 is 0. The molecule has 1 atom stereocenters. The van der Waals surface area contributed by atoms with Gasteiger partial charge in [0.15, 0.2) is 0 Å².